The molecule has 0 saturated heterocycles. The van der Waals surface area contributed by atoms with Crippen LogP contribution in [0, 0.1) is 0 Å². The first-order valence-electron chi connectivity index (χ1n) is 6.55. The van der Waals surface area contributed by atoms with E-state index in [0.717, 1.165) is 6.07 Å². The molecule has 1 rings (SSSR count). The first-order chi connectivity index (χ1) is 9.44. The molecule has 0 radical (unpaired) electrons. The molecule has 0 unspecified atom stereocenters. The summed E-state index contributed by atoms with van der Waals surface area (Å²) in [5.74, 6) is 0.125. The van der Waals surface area contributed by atoms with Crippen molar-refractivity contribution >= 4 is 11.8 Å². The number of rotatable bonds is 5. The smallest absolute Gasteiger partial charge is 0.389 e. The highest BCUT2D eigenvalue weighted by atomic mass is 19.4. The molecule has 21 heavy (non-hydrogen) atoms. The number of likely N-dealkylation sites (N-methyl/N-ethyl adjacent to an activating group) is 1. The lowest BCUT2D eigenvalue weighted by Crippen LogP contribution is -2.40. The molecule has 8 heteroatoms. The summed E-state index contributed by atoms with van der Waals surface area (Å²) in [5.41, 5.74) is -2.06. The van der Waals surface area contributed by atoms with Crippen molar-refractivity contribution in [2.45, 2.75) is 32.5 Å². The maximum absolute atomic E-state index is 12.9. The second kappa shape index (κ2) is 6.05. The van der Waals surface area contributed by atoms with Crippen LogP contribution in [0.3, 0.4) is 0 Å². The maximum atomic E-state index is 12.9. The second-order valence-corrected chi connectivity index (χ2v) is 5.63. The van der Waals surface area contributed by atoms with E-state index in [0.29, 0.717) is 6.54 Å². The zero-order valence-electron chi connectivity index (χ0n) is 12.9. The Labute approximate surface area is 122 Å². The van der Waals surface area contributed by atoms with E-state index in [1.54, 1.807) is 34.9 Å². The summed E-state index contributed by atoms with van der Waals surface area (Å²) in [6.07, 6.45) is -4.55. The Morgan fingerprint density at radius 3 is 2.14 bits per heavy atom. The van der Waals surface area contributed by atoms with Crippen molar-refractivity contribution < 1.29 is 18.3 Å². The number of halogens is 3. The number of hydrogen-bond donors (Lipinski definition) is 1. The van der Waals surface area contributed by atoms with Crippen LogP contribution in [0.5, 0.6) is 0 Å². The summed E-state index contributed by atoms with van der Waals surface area (Å²) >= 11 is 0. The Balaban J connectivity index is 3.30. The van der Waals surface area contributed by atoms with Crippen LogP contribution >= 0.6 is 0 Å². The fourth-order valence-corrected chi connectivity index (χ4v) is 1.73. The van der Waals surface area contributed by atoms with Gasteiger partial charge in [0.05, 0.1) is 5.60 Å². The third-order valence-corrected chi connectivity index (χ3v) is 2.69. The number of aromatic nitrogens is 2. The normalized spacial score (nSPS) is 12.4. The molecule has 1 N–H and O–H groups in total. The van der Waals surface area contributed by atoms with E-state index in [2.05, 4.69) is 9.97 Å². The van der Waals surface area contributed by atoms with Crippen LogP contribution in [-0.2, 0) is 6.18 Å². The highest BCUT2D eigenvalue weighted by Crippen LogP contribution is 2.31. The van der Waals surface area contributed by atoms with Gasteiger partial charge in [0.1, 0.15) is 5.82 Å². The molecule has 0 amide bonds. The molecule has 0 aromatic carbocycles. The van der Waals surface area contributed by atoms with Gasteiger partial charge < -0.3 is 14.9 Å². The lowest BCUT2D eigenvalue weighted by Gasteiger charge is -2.29. The quantitative estimate of drug-likeness (QED) is 0.903. The largest absolute Gasteiger partial charge is 0.433 e. The zero-order chi connectivity index (χ0) is 16.4. The monoisotopic (exact) mass is 306 g/mol. The van der Waals surface area contributed by atoms with Gasteiger partial charge in [0, 0.05) is 33.3 Å². The van der Waals surface area contributed by atoms with E-state index in [1.165, 1.54) is 9.80 Å². The first kappa shape index (κ1) is 17.5. The lowest BCUT2D eigenvalue weighted by atomic mass is 10.1. The Hall–Kier alpha value is -1.57. The maximum Gasteiger partial charge on any atom is 0.433 e. The molecular weight excluding hydrogens is 285 g/mol. The number of aliphatic hydroxyl groups is 1. The molecule has 0 aliphatic carbocycles. The fraction of sp³-hybridized carbons (Fsp3) is 0.692. The van der Waals surface area contributed by atoms with Gasteiger partial charge in [0.2, 0.25) is 5.95 Å². The van der Waals surface area contributed by atoms with Gasteiger partial charge in [-0.05, 0) is 20.8 Å². The molecule has 0 fully saturated rings. The van der Waals surface area contributed by atoms with Gasteiger partial charge in [0.15, 0.2) is 5.69 Å². The van der Waals surface area contributed by atoms with Crippen molar-refractivity contribution in [1.82, 2.24) is 9.97 Å². The summed E-state index contributed by atoms with van der Waals surface area (Å²) in [6.45, 7) is 5.45. The van der Waals surface area contributed by atoms with Crippen molar-refractivity contribution in [2.75, 3.05) is 37.0 Å². The van der Waals surface area contributed by atoms with Crippen LogP contribution in [0.25, 0.3) is 0 Å². The van der Waals surface area contributed by atoms with E-state index in [4.69, 9.17) is 0 Å². The average Bonchev–Trinajstić information content (AvgIpc) is 2.33. The van der Waals surface area contributed by atoms with Gasteiger partial charge in [-0.3, -0.25) is 0 Å². The zero-order valence-corrected chi connectivity index (χ0v) is 12.9. The van der Waals surface area contributed by atoms with E-state index < -0.39 is 17.5 Å². The van der Waals surface area contributed by atoms with Crippen molar-refractivity contribution in [3.05, 3.63) is 11.8 Å². The average molecular weight is 306 g/mol. The summed E-state index contributed by atoms with van der Waals surface area (Å²) < 4.78 is 38.8. The summed E-state index contributed by atoms with van der Waals surface area (Å²) in [5, 5.41) is 9.86. The van der Waals surface area contributed by atoms with Crippen molar-refractivity contribution in [1.29, 1.82) is 0 Å². The van der Waals surface area contributed by atoms with Crippen LogP contribution in [0.4, 0.5) is 24.9 Å². The molecule has 120 valence electrons. The molecule has 0 atom stereocenters. The topological polar surface area (TPSA) is 52.5 Å². The third-order valence-electron chi connectivity index (χ3n) is 2.69. The number of hydrogen-bond acceptors (Lipinski definition) is 5. The Morgan fingerprint density at radius 2 is 1.76 bits per heavy atom. The van der Waals surface area contributed by atoms with Crippen LogP contribution in [-0.4, -0.2) is 47.9 Å². The van der Waals surface area contributed by atoms with Gasteiger partial charge >= 0.3 is 6.18 Å². The van der Waals surface area contributed by atoms with Gasteiger partial charge in [-0.25, -0.2) is 4.98 Å². The standard InChI is InChI=1S/C13H21F3N4O/c1-6-20(8-12(2,3)21)11-17-9(13(14,15)16)7-10(18-11)19(4)5/h7,21H,6,8H2,1-5H3. The van der Waals surface area contributed by atoms with Crippen LogP contribution in [0.2, 0.25) is 0 Å². The highest BCUT2D eigenvalue weighted by Gasteiger charge is 2.34. The Bertz CT molecular complexity index is 483. The minimum atomic E-state index is -4.55. The Kier molecular flexibility index (Phi) is 5.03. The molecule has 1 aromatic heterocycles. The first-order valence-corrected chi connectivity index (χ1v) is 6.55. The van der Waals surface area contributed by atoms with Crippen LogP contribution < -0.4 is 9.80 Å². The van der Waals surface area contributed by atoms with Crippen LogP contribution in [0.1, 0.15) is 26.5 Å². The summed E-state index contributed by atoms with van der Waals surface area (Å²) in [6, 6.07) is 0.904. The van der Waals surface area contributed by atoms with E-state index in [9.17, 15) is 18.3 Å². The molecular formula is C13H21F3N4O. The number of alkyl halides is 3. The molecule has 0 aliphatic rings. The third kappa shape index (κ3) is 5.04. The second-order valence-electron chi connectivity index (χ2n) is 5.63. The predicted molar refractivity (Wildman–Crippen MR) is 75.5 cm³/mol. The predicted octanol–water partition coefficient (Wildman–Crippen LogP) is 2.16. The van der Waals surface area contributed by atoms with Gasteiger partial charge in [0.25, 0.3) is 0 Å². The molecule has 1 aromatic rings. The van der Waals surface area contributed by atoms with Crippen molar-refractivity contribution in [3.63, 3.8) is 0 Å². The summed E-state index contributed by atoms with van der Waals surface area (Å²) in [7, 11) is 3.22. The highest BCUT2D eigenvalue weighted by molar-refractivity contribution is 5.45. The molecule has 0 spiro atoms. The van der Waals surface area contributed by atoms with Crippen molar-refractivity contribution in [2.24, 2.45) is 0 Å². The fourth-order valence-electron chi connectivity index (χ4n) is 1.73. The Morgan fingerprint density at radius 1 is 1.19 bits per heavy atom. The van der Waals surface area contributed by atoms with Crippen LogP contribution in [0.15, 0.2) is 6.07 Å². The van der Waals surface area contributed by atoms with E-state index >= 15 is 0 Å². The van der Waals surface area contributed by atoms with Crippen molar-refractivity contribution in [3.8, 4) is 0 Å². The molecule has 0 saturated carbocycles. The molecule has 5 nitrogen and oxygen atoms in total. The molecule has 0 bridgehead atoms. The number of anilines is 2. The molecule has 0 aliphatic heterocycles. The minimum Gasteiger partial charge on any atom is -0.389 e. The van der Waals surface area contributed by atoms with E-state index in [1.807, 2.05) is 0 Å². The minimum absolute atomic E-state index is 0.0434. The van der Waals surface area contributed by atoms with E-state index in [-0.39, 0.29) is 18.3 Å². The SMILES string of the molecule is CCN(CC(C)(C)O)c1nc(N(C)C)cc(C(F)(F)F)n1. The van der Waals surface area contributed by atoms with Gasteiger partial charge in [-0.2, -0.15) is 18.2 Å². The lowest BCUT2D eigenvalue weighted by molar-refractivity contribution is -0.141. The molecule has 1 heterocycles. The van der Waals surface area contributed by atoms with Gasteiger partial charge in [-0.1, -0.05) is 0 Å². The number of nitrogens with zero attached hydrogens (tertiary/aromatic N) is 4. The van der Waals surface area contributed by atoms with Gasteiger partial charge in [-0.15, -0.1) is 0 Å². The summed E-state index contributed by atoms with van der Waals surface area (Å²) in [4.78, 5) is 10.7.